The second-order valence-corrected chi connectivity index (χ2v) is 6.62. The maximum Gasteiger partial charge on any atom is 0.160 e. The van der Waals surface area contributed by atoms with Crippen LogP contribution in [0.25, 0.3) is 0 Å². The molecular weight excluding hydrogens is 212 g/mol. The van der Waals surface area contributed by atoms with Crippen molar-refractivity contribution in [2.24, 2.45) is 35.0 Å². The third-order valence-corrected chi connectivity index (χ3v) is 4.67. The number of hydrogen-bond acceptors (Lipinski definition) is 2. The Kier molecular flexibility index (Phi) is 2.05. The van der Waals surface area contributed by atoms with Crippen molar-refractivity contribution < 1.29 is 9.59 Å². The minimum absolute atomic E-state index is 0.0771. The summed E-state index contributed by atoms with van der Waals surface area (Å²) in [4.78, 5) is 24.0. The molecule has 90 valence electrons. The average molecular weight is 230 g/mol. The Morgan fingerprint density at radius 2 is 1.29 bits per heavy atom. The van der Waals surface area contributed by atoms with Gasteiger partial charge >= 0.3 is 0 Å². The molecule has 3 aliphatic rings. The van der Waals surface area contributed by atoms with Gasteiger partial charge in [-0.15, -0.1) is 0 Å². The summed E-state index contributed by atoms with van der Waals surface area (Å²) >= 11 is 0. The number of carbonyl (C=O) groups is 2. The Hall–Kier alpha value is -1.18. The minimum Gasteiger partial charge on any atom is -0.294 e. The van der Waals surface area contributed by atoms with E-state index in [1.165, 1.54) is 12.2 Å². The number of carbonyl (C=O) groups excluding carboxylic acids is 2. The quantitative estimate of drug-likeness (QED) is 0.599. The van der Waals surface area contributed by atoms with Gasteiger partial charge in [-0.2, -0.15) is 0 Å². The Labute approximate surface area is 102 Å². The second-order valence-electron chi connectivity index (χ2n) is 6.62. The van der Waals surface area contributed by atoms with Gasteiger partial charge in [-0.3, -0.25) is 9.59 Å². The third kappa shape index (κ3) is 1.33. The molecule has 2 nitrogen and oxygen atoms in total. The van der Waals surface area contributed by atoms with Crippen molar-refractivity contribution in [2.45, 2.75) is 20.8 Å². The number of ketones is 2. The zero-order valence-corrected chi connectivity index (χ0v) is 10.5. The van der Waals surface area contributed by atoms with Crippen molar-refractivity contribution in [3.8, 4) is 0 Å². The third-order valence-electron chi connectivity index (χ3n) is 4.67. The fourth-order valence-electron chi connectivity index (χ4n) is 4.19. The van der Waals surface area contributed by atoms with E-state index < -0.39 is 0 Å². The Morgan fingerprint density at radius 3 is 1.65 bits per heavy atom. The fourth-order valence-corrected chi connectivity index (χ4v) is 4.19. The summed E-state index contributed by atoms with van der Waals surface area (Å²) < 4.78 is 0. The molecule has 0 amide bonds. The van der Waals surface area contributed by atoms with Gasteiger partial charge in [0.1, 0.15) is 0 Å². The molecule has 17 heavy (non-hydrogen) atoms. The maximum atomic E-state index is 12.0. The molecule has 0 aromatic carbocycles. The zero-order chi connectivity index (χ0) is 12.4. The first kappa shape index (κ1) is 10.9. The average Bonchev–Trinajstić information content (AvgIpc) is 2.78. The van der Waals surface area contributed by atoms with E-state index in [1.807, 2.05) is 0 Å². The lowest BCUT2D eigenvalue weighted by molar-refractivity contribution is -0.129. The molecule has 2 heteroatoms. The van der Waals surface area contributed by atoms with Crippen LogP contribution in [0.2, 0.25) is 0 Å². The predicted molar refractivity (Wildman–Crippen MR) is 65.2 cm³/mol. The van der Waals surface area contributed by atoms with Crippen LogP contribution in [-0.2, 0) is 9.59 Å². The topological polar surface area (TPSA) is 34.1 Å². The zero-order valence-electron chi connectivity index (χ0n) is 10.5. The summed E-state index contributed by atoms with van der Waals surface area (Å²) in [7, 11) is 0. The van der Waals surface area contributed by atoms with E-state index in [2.05, 4.69) is 32.9 Å². The van der Waals surface area contributed by atoms with Gasteiger partial charge in [0.2, 0.25) is 0 Å². The number of allylic oxidation sites excluding steroid dienone is 4. The van der Waals surface area contributed by atoms with E-state index in [1.54, 1.807) is 0 Å². The molecule has 0 radical (unpaired) electrons. The minimum atomic E-state index is -0.0771. The van der Waals surface area contributed by atoms with E-state index in [0.717, 1.165) is 0 Å². The SMILES string of the molecule is CC(C)(C)C1C2C=CC1C1C(=O)C=CC(=O)C21. The highest BCUT2D eigenvalue weighted by atomic mass is 16.1. The first-order chi connectivity index (χ1) is 7.91. The molecule has 3 rings (SSSR count). The van der Waals surface area contributed by atoms with Crippen LogP contribution in [0.15, 0.2) is 24.3 Å². The molecular formula is C15H18O2. The summed E-state index contributed by atoms with van der Waals surface area (Å²) in [5.41, 5.74) is 0.150. The van der Waals surface area contributed by atoms with Gasteiger partial charge in [-0.05, 0) is 35.3 Å². The van der Waals surface area contributed by atoms with Gasteiger partial charge < -0.3 is 0 Å². The molecule has 1 saturated carbocycles. The Balaban J connectivity index is 2.06. The molecule has 4 atom stereocenters. The first-order valence-electron chi connectivity index (χ1n) is 6.35. The normalized spacial score (nSPS) is 43.4. The van der Waals surface area contributed by atoms with Gasteiger partial charge in [0, 0.05) is 11.8 Å². The molecule has 3 aliphatic carbocycles. The monoisotopic (exact) mass is 230 g/mol. The van der Waals surface area contributed by atoms with E-state index in [4.69, 9.17) is 0 Å². The summed E-state index contributed by atoms with van der Waals surface area (Å²) in [6, 6.07) is 0. The highest BCUT2D eigenvalue weighted by Gasteiger charge is 2.59. The van der Waals surface area contributed by atoms with Gasteiger partial charge in [0.05, 0.1) is 0 Å². The van der Waals surface area contributed by atoms with Crippen LogP contribution in [0.5, 0.6) is 0 Å². The van der Waals surface area contributed by atoms with Crippen LogP contribution in [0, 0.1) is 35.0 Å². The number of rotatable bonds is 0. The fraction of sp³-hybridized carbons (Fsp3) is 0.600. The van der Waals surface area contributed by atoms with Crippen molar-refractivity contribution in [1.29, 1.82) is 0 Å². The summed E-state index contributed by atoms with van der Waals surface area (Å²) in [6.07, 6.45) is 7.31. The van der Waals surface area contributed by atoms with Crippen molar-refractivity contribution >= 4 is 11.6 Å². The molecule has 0 saturated heterocycles. The molecule has 0 N–H and O–H groups in total. The molecule has 0 aromatic heterocycles. The summed E-state index contributed by atoms with van der Waals surface area (Å²) in [5, 5.41) is 0. The van der Waals surface area contributed by atoms with Crippen molar-refractivity contribution in [3.63, 3.8) is 0 Å². The summed E-state index contributed by atoms with van der Waals surface area (Å²) in [5.74, 6) is 1.13. The van der Waals surface area contributed by atoms with Crippen molar-refractivity contribution in [3.05, 3.63) is 24.3 Å². The smallest absolute Gasteiger partial charge is 0.160 e. The maximum absolute atomic E-state index is 12.0. The van der Waals surface area contributed by atoms with Gasteiger partial charge in [-0.25, -0.2) is 0 Å². The van der Waals surface area contributed by atoms with E-state index in [0.29, 0.717) is 5.92 Å². The van der Waals surface area contributed by atoms with Crippen molar-refractivity contribution in [1.82, 2.24) is 0 Å². The largest absolute Gasteiger partial charge is 0.294 e. The number of fused-ring (bicyclic) bond motifs is 5. The van der Waals surface area contributed by atoms with E-state index in [9.17, 15) is 9.59 Å². The van der Waals surface area contributed by atoms with E-state index in [-0.39, 0.29) is 40.7 Å². The lowest BCUT2D eigenvalue weighted by atomic mass is 9.73. The Bertz CT molecular complexity index is 416. The lowest BCUT2D eigenvalue weighted by Crippen LogP contribution is -2.34. The predicted octanol–water partition coefficient (Wildman–Crippen LogP) is 2.40. The molecule has 0 spiro atoms. The van der Waals surface area contributed by atoms with Gasteiger partial charge in [-0.1, -0.05) is 32.9 Å². The van der Waals surface area contributed by atoms with Crippen LogP contribution in [0.4, 0.5) is 0 Å². The second kappa shape index (κ2) is 3.18. The Morgan fingerprint density at radius 1 is 0.882 bits per heavy atom. The summed E-state index contributed by atoms with van der Waals surface area (Å²) in [6.45, 7) is 6.64. The standard InChI is InChI=1S/C15H18O2/c1-15(2,3)14-8-4-5-9(14)13-11(17)7-6-10(16)12(8)13/h4-9,12-14H,1-3H3. The van der Waals surface area contributed by atoms with Crippen LogP contribution >= 0.6 is 0 Å². The molecule has 2 bridgehead atoms. The van der Waals surface area contributed by atoms with Gasteiger partial charge in [0.15, 0.2) is 11.6 Å². The van der Waals surface area contributed by atoms with E-state index >= 15 is 0 Å². The molecule has 1 fully saturated rings. The van der Waals surface area contributed by atoms with Crippen LogP contribution < -0.4 is 0 Å². The molecule has 4 unspecified atom stereocenters. The highest BCUT2D eigenvalue weighted by Crippen LogP contribution is 2.59. The van der Waals surface area contributed by atoms with Gasteiger partial charge in [0.25, 0.3) is 0 Å². The molecule has 0 aliphatic heterocycles. The molecule has 0 aromatic rings. The molecule has 0 heterocycles. The van der Waals surface area contributed by atoms with Crippen LogP contribution in [0.1, 0.15) is 20.8 Å². The van der Waals surface area contributed by atoms with Crippen LogP contribution in [0.3, 0.4) is 0 Å². The highest BCUT2D eigenvalue weighted by molar-refractivity contribution is 6.08. The van der Waals surface area contributed by atoms with Crippen LogP contribution in [-0.4, -0.2) is 11.6 Å². The lowest BCUT2D eigenvalue weighted by Gasteiger charge is -2.31. The van der Waals surface area contributed by atoms with Crippen molar-refractivity contribution in [2.75, 3.05) is 0 Å². The first-order valence-corrected chi connectivity index (χ1v) is 6.35. The number of hydrogen-bond donors (Lipinski definition) is 0.